The van der Waals surface area contributed by atoms with Crippen LogP contribution in [-0.2, 0) is 0 Å². The highest BCUT2D eigenvalue weighted by atomic mass is 16.5. The first-order valence-corrected chi connectivity index (χ1v) is 8.56. The van der Waals surface area contributed by atoms with Gasteiger partial charge in [-0.3, -0.25) is 4.79 Å². The Morgan fingerprint density at radius 1 is 1.04 bits per heavy atom. The quantitative estimate of drug-likeness (QED) is 0.553. The zero-order valence-electron chi connectivity index (χ0n) is 15.0. The molecule has 134 valence electrons. The smallest absolute Gasteiger partial charge is 0.259 e. The highest BCUT2D eigenvalue weighted by molar-refractivity contribution is 6.06. The van der Waals surface area contributed by atoms with Crippen LogP contribution in [0.3, 0.4) is 0 Å². The fourth-order valence-electron chi connectivity index (χ4n) is 2.96. The van der Waals surface area contributed by atoms with Crippen molar-refractivity contribution in [2.45, 2.75) is 6.92 Å². The van der Waals surface area contributed by atoms with Gasteiger partial charge in [0, 0.05) is 17.3 Å². The Labute approximate surface area is 156 Å². The van der Waals surface area contributed by atoms with Crippen molar-refractivity contribution in [2.24, 2.45) is 0 Å². The molecule has 0 saturated heterocycles. The number of nitrogens with one attached hydrogen (secondary N) is 1. The van der Waals surface area contributed by atoms with Gasteiger partial charge in [-0.1, -0.05) is 30.3 Å². The van der Waals surface area contributed by atoms with Crippen LogP contribution in [0.4, 0.5) is 5.69 Å². The van der Waals surface area contributed by atoms with E-state index < -0.39 is 0 Å². The Bertz CT molecular complexity index is 1130. The molecule has 27 heavy (non-hydrogen) atoms. The molecule has 4 rings (SSSR count). The maximum absolute atomic E-state index is 12.6. The zero-order valence-corrected chi connectivity index (χ0v) is 15.0. The second-order valence-electron chi connectivity index (χ2n) is 6.17. The van der Waals surface area contributed by atoms with Crippen molar-refractivity contribution in [1.82, 2.24) is 4.98 Å². The first kappa shape index (κ1) is 16.8. The molecule has 0 aliphatic heterocycles. The van der Waals surface area contributed by atoms with E-state index in [1.165, 1.54) is 0 Å². The van der Waals surface area contributed by atoms with Crippen LogP contribution in [0.1, 0.15) is 15.9 Å². The minimum absolute atomic E-state index is 0.245. The Morgan fingerprint density at radius 2 is 1.81 bits per heavy atom. The Hall–Kier alpha value is -3.60. The first-order valence-electron chi connectivity index (χ1n) is 8.56. The summed E-state index contributed by atoms with van der Waals surface area (Å²) in [6.45, 7) is 2.02. The van der Waals surface area contributed by atoms with Gasteiger partial charge in [-0.05, 0) is 42.8 Å². The number of benzene rings is 3. The normalized spacial score (nSPS) is 10.7. The number of anilines is 1. The molecule has 0 radical (unpaired) electrons. The van der Waals surface area contributed by atoms with Gasteiger partial charge in [0.05, 0.1) is 12.7 Å². The molecule has 1 aromatic heterocycles. The molecule has 0 saturated carbocycles. The minimum Gasteiger partial charge on any atom is -0.496 e. The van der Waals surface area contributed by atoms with E-state index in [1.807, 2.05) is 43.3 Å². The summed E-state index contributed by atoms with van der Waals surface area (Å²) in [6.07, 6.45) is 0. The first-order chi connectivity index (χ1) is 13.2. The fourth-order valence-corrected chi connectivity index (χ4v) is 2.96. The molecule has 5 heteroatoms. The van der Waals surface area contributed by atoms with E-state index in [-0.39, 0.29) is 5.91 Å². The number of methoxy groups -OCH3 is 1. The van der Waals surface area contributed by atoms with Crippen LogP contribution in [-0.4, -0.2) is 18.0 Å². The van der Waals surface area contributed by atoms with Crippen LogP contribution in [0, 0.1) is 6.92 Å². The second-order valence-corrected chi connectivity index (χ2v) is 6.17. The number of carbonyl (C=O) groups is 1. The molecular weight excluding hydrogens is 340 g/mol. The number of ether oxygens (including phenoxy) is 1. The molecule has 0 atom stereocenters. The summed E-state index contributed by atoms with van der Waals surface area (Å²) in [4.78, 5) is 17.1. The van der Waals surface area contributed by atoms with Crippen molar-refractivity contribution >= 4 is 22.7 Å². The number of hydrogen-bond acceptors (Lipinski definition) is 4. The average molecular weight is 358 g/mol. The van der Waals surface area contributed by atoms with Crippen molar-refractivity contribution in [3.63, 3.8) is 0 Å². The summed E-state index contributed by atoms with van der Waals surface area (Å²) in [5.74, 6) is 0.847. The molecule has 0 spiro atoms. The number of amides is 1. The molecule has 1 N–H and O–H groups in total. The second kappa shape index (κ2) is 6.96. The molecule has 0 fully saturated rings. The van der Waals surface area contributed by atoms with E-state index in [0.717, 1.165) is 16.6 Å². The SMILES string of the molecule is COc1ccccc1C(=O)Nc1ccc2nc(-c3ccccc3C)oc2c1. The van der Waals surface area contributed by atoms with Crippen molar-refractivity contribution in [1.29, 1.82) is 0 Å². The van der Waals surface area contributed by atoms with Crippen LogP contribution in [0.25, 0.3) is 22.6 Å². The number of hydrogen-bond donors (Lipinski definition) is 1. The number of carbonyl (C=O) groups excluding carboxylic acids is 1. The van der Waals surface area contributed by atoms with Crippen LogP contribution in [0.15, 0.2) is 71.1 Å². The molecule has 0 unspecified atom stereocenters. The molecule has 0 aliphatic rings. The highest BCUT2D eigenvalue weighted by Gasteiger charge is 2.14. The monoisotopic (exact) mass is 358 g/mol. The lowest BCUT2D eigenvalue weighted by Gasteiger charge is -2.08. The third-order valence-corrected chi connectivity index (χ3v) is 4.37. The maximum atomic E-state index is 12.6. The third-order valence-electron chi connectivity index (χ3n) is 4.37. The Kier molecular flexibility index (Phi) is 4.34. The summed E-state index contributed by atoms with van der Waals surface area (Å²) in [7, 11) is 1.54. The van der Waals surface area contributed by atoms with Crippen molar-refractivity contribution < 1.29 is 13.9 Å². The van der Waals surface area contributed by atoms with Crippen LogP contribution in [0.5, 0.6) is 5.75 Å². The molecule has 0 aliphatic carbocycles. The Morgan fingerprint density at radius 3 is 2.63 bits per heavy atom. The van der Waals surface area contributed by atoms with E-state index >= 15 is 0 Å². The molecule has 1 heterocycles. The third kappa shape index (κ3) is 3.27. The van der Waals surface area contributed by atoms with Crippen LogP contribution < -0.4 is 10.1 Å². The summed E-state index contributed by atoms with van der Waals surface area (Å²) in [5, 5.41) is 2.88. The number of nitrogens with zero attached hydrogens (tertiary/aromatic N) is 1. The minimum atomic E-state index is -0.245. The van der Waals surface area contributed by atoms with E-state index in [0.29, 0.717) is 28.5 Å². The summed E-state index contributed by atoms with van der Waals surface area (Å²) in [5.41, 5.74) is 4.50. The lowest BCUT2D eigenvalue weighted by Crippen LogP contribution is -2.12. The summed E-state index contributed by atoms with van der Waals surface area (Å²) >= 11 is 0. The van der Waals surface area contributed by atoms with Gasteiger partial charge in [-0.2, -0.15) is 0 Å². The van der Waals surface area contributed by atoms with E-state index in [4.69, 9.17) is 9.15 Å². The molecule has 4 aromatic rings. The van der Waals surface area contributed by atoms with Gasteiger partial charge in [0.1, 0.15) is 11.3 Å². The fraction of sp³-hybridized carbons (Fsp3) is 0.0909. The van der Waals surface area contributed by atoms with Crippen LogP contribution >= 0.6 is 0 Å². The van der Waals surface area contributed by atoms with Crippen LogP contribution in [0.2, 0.25) is 0 Å². The van der Waals surface area contributed by atoms with E-state index in [9.17, 15) is 4.79 Å². The van der Waals surface area contributed by atoms with Crippen molar-refractivity contribution in [3.05, 3.63) is 77.9 Å². The van der Waals surface area contributed by atoms with Gasteiger partial charge in [0.25, 0.3) is 5.91 Å². The topological polar surface area (TPSA) is 64.4 Å². The van der Waals surface area contributed by atoms with Gasteiger partial charge >= 0.3 is 0 Å². The predicted molar refractivity (Wildman–Crippen MR) is 105 cm³/mol. The molecule has 5 nitrogen and oxygen atoms in total. The molecule has 0 bridgehead atoms. The maximum Gasteiger partial charge on any atom is 0.259 e. The van der Waals surface area contributed by atoms with Gasteiger partial charge in [0.2, 0.25) is 5.89 Å². The zero-order chi connectivity index (χ0) is 18.8. The number of aryl methyl sites for hydroxylation is 1. The number of fused-ring (bicyclic) bond motifs is 1. The number of rotatable bonds is 4. The van der Waals surface area contributed by atoms with Gasteiger partial charge < -0.3 is 14.5 Å². The number of aromatic nitrogens is 1. The van der Waals surface area contributed by atoms with E-state index in [1.54, 1.807) is 37.4 Å². The van der Waals surface area contributed by atoms with E-state index in [2.05, 4.69) is 10.3 Å². The number of oxazole rings is 1. The number of para-hydroxylation sites is 1. The predicted octanol–water partition coefficient (Wildman–Crippen LogP) is 5.06. The van der Waals surface area contributed by atoms with Crippen molar-refractivity contribution in [2.75, 3.05) is 12.4 Å². The highest BCUT2D eigenvalue weighted by Crippen LogP contribution is 2.28. The Balaban J connectivity index is 1.64. The molecule has 1 amide bonds. The lowest BCUT2D eigenvalue weighted by molar-refractivity contribution is 0.102. The average Bonchev–Trinajstić information content (AvgIpc) is 3.11. The standard InChI is InChI=1S/C22H18N2O3/c1-14-7-3-4-8-16(14)22-24-18-12-11-15(13-20(18)27-22)23-21(25)17-9-5-6-10-19(17)26-2/h3-13H,1-2H3,(H,23,25). The summed E-state index contributed by atoms with van der Waals surface area (Å²) < 4.78 is 11.2. The van der Waals surface area contributed by atoms with Crippen molar-refractivity contribution in [3.8, 4) is 17.2 Å². The largest absolute Gasteiger partial charge is 0.496 e. The lowest BCUT2D eigenvalue weighted by atomic mass is 10.1. The van der Waals surface area contributed by atoms with Gasteiger partial charge in [-0.25, -0.2) is 4.98 Å². The molecular formula is C22H18N2O3. The summed E-state index contributed by atoms with van der Waals surface area (Å²) in [6, 6.07) is 20.4. The molecule has 3 aromatic carbocycles. The van der Waals surface area contributed by atoms with Gasteiger partial charge in [-0.15, -0.1) is 0 Å². The van der Waals surface area contributed by atoms with Gasteiger partial charge in [0.15, 0.2) is 5.58 Å².